The lowest BCUT2D eigenvalue weighted by atomic mass is 10.1. The fourth-order valence-corrected chi connectivity index (χ4v) is 1.80. The smallest absolute Gasteiger partial charge is 0.148 e. The molecule has 0 radical (unpaired) electrons. The fourth-order valence-electron chi connectivity index (χ4n) is 1.80. The van der Waals surface area contributed by atoms with E-state index >= 15 is 0 Å². The van der Waals surface area contributed by atoms with Crippen LogP contribution in [0.15, 0.2) is 6.33 Å². The van der Waals surface area contributed by atoms with Crippen molar-refractivity contribution in [3.05, 3.63) is 11.9 Å². The minimum atomic E-state index is 0.696. The number of nitrogens with two attached hydrogens (primary N) is 1. The van der Waals surface area contributed by atoms with Crippen molar-refractivity contribution in [3.8, 4) is 0 Å². The number of nitrogens with one attached hydrogen (secondary N) is 2. The van der Waals surface area contributed by atoms with Gasteiger partial charge >= 0.3 is 0 Å². The van der Waals surface area contributed by atoms with E-state index in [0.717, 1.165) is 56.8 Å². The Labute approximate surface area is 115 Å². The Morgan fingerprint density at radius 3 is 2.63 bits per heavy atom. The van der Waals surface area contributed by atoms with Crippen molar-refractivity contribution in [3.63, 3.8) is 0 Å². The van der Waals surface area contributed by atoms with Crippen molar-refractivity contribution >= 4 is 11.6 Å². The van der Waals surface area contributed by atoms with Crippen LogP contribution in [0.3, 0.4) is 0 Å². The molecule has 0 saturated heterocycles. The zero-order valence-electron chi connectivity index (χ0n) is 11.9. The third-order valence-electron chi connectivity index (χ3n) is 2.69. The molecule has 1 rings (SSSR count). The molecular weight excluding hydrogens is 242 g/mol. The van der Waals surface area contributed by atoms with E-state index in [1.807, 2.05) is 0 Å². The van der Waals surface area contributed by atoms with Gasteiger partial charge in [0.15, 0.2) is 0 Å². The topological polar surface area (TPSA) is 85.1 Å². The number of nitrogen functional groups attached to an aromatic ring is 1. The monoisotopic (exact) mass is 267 g/mol. The van der Waals surface area contributed by atoms with Gasteiger partial charge in [-0.2, -0.15) is 0 Å². The molecule has 0 aliphatic carbocycles. The first-order valence-electron chi connectivity index (χ1n) is 6.95. The highest BCUT2D eigenvalue weighted by Gasteiger charge is 2.09. The zero-order chi connectivity index (χ0) is 13.9. The van der Waals surface area contributed by atoms with Gasteiger partial charge in [0.25, 0.3) is 0 Å². The van der Waals surface area contributed by atoms with Crippen LogP contribution in [0.5, 0.6) is 0 Å². The van der Waals surface area contributed by atoms with Gasteiger partial charge in [0.05, 0.1) is 0 Å². The number of anilines is 2. The van der Waals surface area contributed by atoms with Crippen molar-refractivity contribution in [1.29, 1.82) is 0 Å². The Morgan fingerprint density at radius 1 is 1.16 bits per heavy atom. The summed E-state index contributed by atoms with van der Waals surface area (Å²) >= 11 is 0. The molecule has 0 aliphatic rings. The minimum Gasteiger partial charge on any atom is -0.381 e. The van der Waals surface area contributed by atoms with E-state index in [2.05, 4.69) is 34.6 Å². The Bertz CT molecular complexity index is 359. The first-order chi connectivity index (χ1) is 9.33. The Morgan fingerprint density at radius 2 is 1.95 bits per heavy atom. The average Bonchev–Trinajstić information content (AvgIpc) is 2.44. The quantitative estimate of drug-likeness (QED) is 0.341. The molecule has 0 aliphatic heterocycles. The molecule has 0 fully saturated rings. The molecule has 0 amide bonds. The first kappa shape index (κ1) is 15.7. The lowest BCUT2D eigenvalue weighted by Gasteiger charge is -2.13. The lowest BCUT2D eigenvalue weighted by molar-refractivity contribution is 0.134. The summed E-state index contributed by atoms with van der Waals surface area (Å²) in [4.78, 5) is 8.41. The van der Waals surface area contributed by atoms with E-state index in [0.29, 0.717) is 5.82 Å². The average molecular weight is 267 g/mol. The second kappa shape index (κ2) is 9.52. The number of aromatic nitrogens is 2. The molecule has 4 N–H and O–H groups in total. The van der Waals surface area contributed by atoms with Crippen LogP contribution >= 0.6 is 0 Å². The van der Waals surface area contributed by atoms with Gasteiger partial charge < -0.3 is 15.5 Å². The number of hydrazine groups is 1. The third kappa shape index (κ3) is 5.40. The van der Waals surface area contributed by atoms with Crippen molar-refractivity contribution in [2.45, 2.75) is 39.5 Å². The fraction of sp³-hybridized carbons (Fsp3) is 0.692. The Kier molecular flexibility index (Phi) is 7.84. The van der Waals surface area contributed by atoms with Gasteiger partial charge in [-0.15, -0.1) is 0 Å². The highest BCUT2D eigenvalue weighted by Crippen LogP contribution is 2.20. The molecule has 6 heteroatoms. The standard InChI is InChI=1S/C13H25N5O/c1-3-6-11-12(16-10-17-13(11)18-14)15-7-5-9-19-8-4-2/h10H,3-9,14H2,1-2H3,(H2,15,16,17,18). The van der Waals surface area contributed by atoms with Crippen molar-refractivity contribution in [2.24, 2.45) is 5.84 Å². The molecule has 0 spiro atoms. The van der Waals surface area contributed by atoms with Gasteiger partial charge in [0.1, 0.15) is 18.0 Å². The summed E-state index contributed by atoms with van der Waals surface area (Å²) in [7, 11) is 0. The van der Waals surface area contributed by atoms with E-state index in [9.17, 15) is 0 Å². The second-order valence-corrected chi connectivity index (χ2v) is 4.34. The predicted molar refractivity (Wildman–Crippen MR) is 78.1 cm³/mol. The SMILES string of the molecule is CCCOCCCNc1ncnc(NN)c1CCC. The van der Waals surface area contributed by atoms with Crippen LogP contribution < -0.4 is 16.6 Å². The highest BCUT2D eigenvalue weighted by molar-refractivity contribution is 5.56. The van der Waals surface area contributed by atoms with Gasteiger partial charge in [0.2, 0.25) is 0 Å². The predicted octanol–water partition coefficient (Wildman–Crippen LogP) is 1.94. The molecular formula is C13H25N5O. The Balaban J connectivity index is 2.47. The molecule has 0 bridgehead atoms. The van der Waals surface area contributed by atoms with Gasteiger partial charge in [0, 0.05) is 25.3 Å². The normalized spacial score (nSPS) is 10.5. The van der Waals surface area contributed by atoms with E-state index in [4.69, 9.17) is 10.6 Å². The van der Waals surface area contributed by atoms with E-state index in [1.165, 1.54) is 6.33 Å². The van der Waals surface area contributed by atoms with Crippen molar-refractivity contribution in [2.75, 3.05) is 30.5 Å². The summed E-state index contributed by atoms with van der Waals surface area (Å²) in [5.74, 6) is 7.03. The van der Waals surface area contributed by atoms with Gasteiger partial charge in [-0.3, -0.25) is 0 Å². The molecule has 19 heavy (non-hydrogen) atoms. The lowest BCUT2D eigenvalue weighted by Crippen LogP contribution is -2.15. The molecule has 0 aromatic carbocycles. The number of ether oxygens (including phenoxy) is 1. The van der Waals surface area contributed by atoms with Crippen LogP contribution in [-0.2, 0) is 11.2 Å². The molecule has 0 saturated carbocycles. The van der Waals surface area contributed by atoms with Crippen LogP contribution in [0.25, 0.3) is 0 Å². The molecule has 6 nitrogen and oxygen atoms in total. The van der Waals surface area contributed by atoms with Crippen LogP contribution in [0, 0.1) is 0 Å². The van der Waals surface area contributed by atoms with Gasteiger partial charge in [-0.25, -0.2) is 15.8 Å². The number of hydrogen-bond acceptors (Lipinski definition) is 6. The summed E-state index contributed by atoms with van der Waals surface area (Å²) in [6, 6.07) is 0. The van der Waals surface area contributed by atoms with Crippen LogP contribution in [0.1, 0.15) is 38.7 Å². The van der Waals surface area contributed by atoms with Crippen LogP contribution in [0.2, 0.25) is 0 Å². The number of nitrogens with zero attached hydrogens (tertiary/aromatic N) is 2. The summed E-state index contributed by atoms with van der Waals surface area (Å²) < 4.78 is 5.44. The largest absolute Gasteiger partial charge is 0.381 e. The van der Waals surface area contributed by atoms with Crippen molar-refractivity contribution < 1.29 is 4.74 Å². The van der Waals surface area contributed by atoms with Gasteiger partial charge in [-0.1, -0.05) is 20.3 Å². The minimum absolute atomic E-state index is 0.696. The molecule has 1 heterocycles. The van der Waals surface area contributed by atoms with E-state index in [1.54, 1.807) is 0 Å². The summed E-state index contributed by atoms with van der Waals surface area (Å²) in [5.41, 5.74) is 3.67. The second-order valence-electron chi connectivity index (χ2n) is 4.34. The van der Waals surface area contributed by atoms with E-state index < -0.39 is 0 Å². The maximum absolute atomic E-state index is 5.47. The third-order valence-corrected chi connectivity index (χ3v) is 2.69. The molecule has 0 atom stereocenters. The number of rotatable bonds is 10. The highest BCUT2D eigenvalue weighted by atomic mass is 16.5. The van der Waals surface area contributed by atoms with Crippen LogP contribution in [-0.4, -0.2) is 29.7 Å². The van der Waals surface area contributed by atoms with Crippen molar-refractivity contribution in [1.82, 2.24) is 9.97 Å². The maximum Gasteiger partial charge on any atom is 0.148 e. The Hall–Kier alpha value is -1.40. The molecule has 0 unspecified atom stereocenters. The van der Waals surface area contributed by atoms with Crippen LogP contribution in [0.4, 0.5) is 11.6 Å². The summed E-state index contributed by atoms with van der Waals surface area (Å²) in [6.07, 6.45) is 5.46. The molecule has 108 valence electrons. The van der Waals surface area contributed by atoms with E-state index in [-0.39, 0.29) is 0 Å². The zero-order valence-corrected chi connectivity index (χ0v) is 11.9. The molecule has 1 aromatic heterocycles. The van der Waals surface area contributed by atoms with Gasteiger partial charge in [-0.05, 0) is 19.3 Å². The number of hydrogen-bond donors (Lipinski definition) is 3. The molecule has 1 aromatic rings. The summed E-state index contributed by atoms with van der Waals surface area (Å²) in [5, 5.41) is 3.32. The summed E-state index contributed by atoms with van der Waals surface area (Å²) in [6.45, 7) is 6.67. The maximum atomic E-state index is 5.47. The first-order valence-corrected chi connectivity index (χ1v) is 6.95.